The SMILES string of the molecule is CCOC(=O)c1ccc(C#C[Se]c2cc3c(cc2C)C(C)(C)CCC3C)nc1. The molecule has 0 amide bonds. The Balaban J connectivity index is 1.77. The van der Waals surface area contributed by atoms with E-state index in [-0.39, 0.29) is 26.3 Å². The molecule has 1 unspecified atom stereocenters. The summed E-state index contributed by atoms with van der Waals surface area (Å²) in [6.45, 7) is 11.4. The van der Waals surface area contributed by atoms with Crippen molar-refractivity contribution in [1.82, 2.24) is 4.98 Å². The number of rotatable bonds is 3. The van der Waals surface area contributed by atoms with Gasteiger partial charge in [0.15, 0.2) is 0 Å². The van der Waals surface area contributed by atoms with Gasteiger partial charge < -0.3 is 0 Å². The summed E-state index contributed by atoms with van der Waals surface area (Å²) < 4.78 is 6.33. The molecule has 1 heterocycles. The van der Waals surface area contributed by atoms with Crippen LogP contribution in [0.25, 0.3) is 0 Å². The summed E-state index contributed by atoms with van der Waals surface area (Å²) in [5.74, 6) is 3.41. The summed E-state index contributed by atoms with van der Waals surface area (Å²) in [5, 5.41) is 0. The maximum atomic E-state index is 11.7. The number of esters is 1. The van der Waals surface area contributed by atoms with Crippen LogP contribution in [0.3, 0.4) is 0 Å². The Morgan fingerprint density at radius 2 is 2.14 bits per heavy atom. The van der Waals surface area contributed by atoms with E-state index in [9.17, 15) is 4.79 Å². The van der Waals surface area contributed by atoms with Crippen molar-refractivity contribution >= 4 is 25.4 Å². The van der Waals surface area contributed by atoms with Crippen LogP contribution >= 0.6 is 0 Å². The Hall–Kier alpha value is -2.08. The first-order valence-electron chi connectivity index (χ1n) is 9.78. The fraction of sp³-hybridized carbons (Fsp3) is 0.417. The van der Waals surface area contributed by atoms with E-state index in [1.165, 1.54) is 40.2 Å². The molecule has 0 N–H and O–H groups in total. The van der Waals surface area contributed by atoms with Crippen LogP contribution in [0.4, 0.5) is 0 Å². The zero-order valence-electron chi connectivity index (χ0n) is 17.3. The molecule has 0 radical (unpaired) electrons. The van der Waals surface area contributed by atoms with Crippen molar-refractivity contribution in [1.29, 1.82) is 0 Å². The third-order valence-electron chi connectivity index (χ3n) is 5.42. The fourth-order valence-electron chi connectivity index (χ4n) is 3.61. The van der Waals surface area contributed by atoms with Gasteiger partial charge in [-0.1, -0.05) is 0 Å². The fourth-order valence-corrected chi connectivity index (χ4v) is 5.02. The van der Waals surface area contributed by atoms with Crippen LogP contribution in [0.2, 0.25) is 0 Å². The number of hydrogen-bond donors (Lipinski definition) is 0. The first kappa shape index (κ1) is 20.6. The number of carbonyl (C=O) groups excluding carboxylic acids is 1. The van der Waals surface area contributed by atoms with Crippen LogP contribution < -0.4 is 4.46 Å². The molecule has 1 atom stereocenters. The van der Waals surface area contributed by atoms with Crippen molar-refractivity contribution in [2.24, 2.45) is 0 Å². The van der Waals surface area contributed by atoms with Crippen LogP contribution in [0, 0.1) is 17.7 Å². The summed E-state index contributed by atoms with van der Waals surface area (Å²) in [6, 6.07) is 8.27. The number of aromatic nitrogens is 1. The molecule has 0 spiro atoms. The van der Waals surface area contributed by atoms with Crippen LogP contribution in [0.15, 0.2) is 30.5 Å². The number of benzene rings is 1. The molecule has 146 valence electrons. The van der Waals surface area contributed by atoms with Gasteiger partial charge in [0.05, 0.1) is 0 Å². The number of nitrogens with zero attached hydrogens (tertiary/aromatic N) is 1. The molecule has 4 heteroatoms. The second kappa shape index (κ2) is 8.51. The van der Waals surface area contributed by atoms with Gasteiger partial charge in [0.2, 0.25) is 0 Å². The molecular weight excluding hydrogens is 413 g/mol. The molecule has 1 aromatic carbocycles. The van der Waals surface area contributed by atoms with E-state index in [2.05, 4.69) is 55.6 Å². The second-order valence-electron chi connectivity index (χ2n) is 8.01. The quantitative estimate of drug-likeness (QED) is 0.410. The number of ether oxygens (including phenoxy) is 1. The Labute approximate surface area is 174 Å². The van der Waals surface area contributed by atoms with Crippen molar-refractivity contribution < 1.29 is 9.53 Å². The van der Waals surface area contributed by atoms with E-state index in [4.69, 9.17) is 4.74 Å². The van der Waals surface area contributed by atoms with Gasteiger partial charge in [0.1, 0.15) is 0 Å². The molecule has 2 aromatic rings. The molecule has 0 bridgehead atoms. The topological polar surface area (TPSA) is 39.2 Å². The van der Waals surface area contributed by atoms with Crippen molar-refractivity contribution in [2.75, 3.05) is 6.61 Å². The van der Waals surface area contributed by atoms with E-state index < -0.39 is 0 Å². The monoisotopic (exact) mass is 441 g/mol. The average molecular weight is 440 g/mol. The van der Waals surface area contributed by atoms with Crippen LogP contribution in [-0.4, -0.2) is 32.5 Å². The third-order valence-corrected chi connectivity index (χ3v) is 7.24. The Morgan fingerprint density at radius 3 is 2.82 bits per heavy atom. The van der Waals surface area contributed by atoms with Gasteiger partial charge in [-0.15, -0.1) is 0 Å². The van der Waals surface area contributed by atoms with Crippen molar-refractivity contribution in [3.8, 4) is 10.7 Å². The normalized spacial score (nSPS) is 17.2. The first-order valence-corrected chi connectivity index (χ1v) is 11.5. The molecule has 0 aliphatic heterocycles. The molecule has 1 aromatic heterocycles. The average Bonchev–Trinajstić information content (AvgIpc) is 2.67. The van der Waals surface area contributed by atoms with E-state index in [0.29, 0.717) is 23.8 Å². The van der Waals surface area contributed by atoms with E-state index in [1.807, 2.05) is 0 Å². The zero-order chi connectivity index (χ0) is 20.3. The van der Waals surface area contributed by atoms with E-state index >= 15 is 0 Å². The molecule has 3 rings (SSSR count). The first-order chi connectivity index (χ1) is 13.3. The van der Waals surface area contributed by atoms with Crippen molar-refractivity contribution in [3.63, 3.8) is 0 Å². The van der Waals surface area contributed by atoms with Crippen LogP contribution in [0.1, 0.15) is 79.2 Å². The van der Waals surface area contributed by atoms with Gasteiger partial charge in [-0.2, -0.15) is 0 Å². The minimum absolute atomic E-state index is 0.0713. The van der Waals surface area contributed by atoms with E-state index in [0.717, 1.165) is 0 Å². The van der Waals surface area contributed by atoms with Gasteiger partial charge in [-0.3, -0.25) is 0 Å². The third kappa shape index (κ3) is 4.49. The minimum atomic E-state index is -0.347. The number of carbonyl (C=O) groups is 1. The second-order valence-corrected chi connectivity index (χ2v) is 9.79. The van der Waals surface area contributed by atoms with Crippen LogP contribution in [-0.2, 0) is 10.2 Å². The molecule has 28 heavy (non-hydrogen) atoms. The van der Waals surface area contributed by atoms with Gasteiger partial charge in [-0.05, 0) is 0 Å². The maximum absolute atomic E-state index is 11.7. The van der Waals surface area contributed by atoms with Gasteiger partial charge in [-0.25, -0.2) is 0 Å². The number of fused-ring (bicyclic) bond motifs is 1. The molecule has 0 fully saturated rings. The van der Waals surface area contributed by atoms with Gasteiger partial charge in [0, 0.05) is 0 Å². The molecule has 3 nitrogen and oxygen atoms in total. The summed E-state index contributed by atoms with van der Waals surface area (Å²) in [7, 11) is 0. The van der Waals surface area contributed by atoms with Gasteiger partial charge in [0.25, 0.3) is 0 Å². The number of pyridine rings is 1. The molecule has 0 saturated carbocycles. The number of aryl methyl sites for hydroxylation is 1. The summed E-state index contributed by atoms with van der Waals surface area (Å²) >= 11 is 0.0713. The Kier molecular flexibility index (Phi) is 6.28. The standard InChI is InChI=1S/C24H27NO2Se/c1-6-27-23(26)18-7-8-19(25-15-18)10-12-28-22-14-20-16(2)9-11-24(4,5)21(20)13-17(22)3/h7-8,13-16H,6,9,11H2,1-5H3. The Morgan fingerprint density at radius 1 is 1.36 bits per heavy atom. The van der Waals surface area contributed by atoms with Crippen molar-refractivity contribution in [3.05, 3.63) is 58.4 Å². The molecule has 0 saturated heterocycles. The number of hydrogen-bond acceptors (Lipinski definition) is 3. The predicted molar refractivity (Wildman–Crippen MR) is 114 cm³/mol. The summed E-state index contributed by atoms with van der Waals surface area (Å²) in [6.07, 6.45) is 4.03. The predicted octanol–water partition coefficient (Wildman–Crippen LogP) is 4.08. The van der Waals surface area contributed by atoms with Crippen LogP contribution in [0.5, 0.6) is 0 Å². The summed E-state index contributed by atoms with van der Waals surface area (Å²) in [5.41, 5.74) is 5.74. The molecule has 1 aliphatic rings. The molecule has 1 aliphatic carbocycles. The van der Waals surface area contributed by atoms with Crippen molar-refractivity contribution in [2.45, 2.75) is 58.8 Å². The zero-order valence-corrected chi connectivity index (χ0v) is 19.0. The van der Waals surface area contributed by atoms with Gasteiger partial charge >= 0.3 is 174 Å². The van der Waals surface area contributed by atoms with E-state index in [1.54, 1.807) is 19.1 Å². The molecular formula is C24H27NO2Se. The summed E-state index contributed by atoms with van der Waals surface area (Å²) in [4.78, 5) is 19.3. The Bertz CT molecular complexity index is 936.